The lowest BCUT2D eigenvalue weighted by Crippen LogP contribution is -1.99. The third-order valence-corrected chi connectivity index (χ3v) is 4.58. The standard InChI is InChI=1S/C23H15ClFN3O/c1-2-15-6-8-21-19(11-15)23(27-14-26-21)28-18-7-9-22(20(24)12-18)29-13-16-4-3-5-17(25)10-16/h1,3-12,14H,13H2,(H,26,27,28). The van der Waals surface area contributed by atoms with Gasteiger partial charge in [0.25, 0.3) is 0 Å². The van der Waals surface area contributed by atoms with E-state index in [4.69, 9.17) is 22.8 Å². The van der Waals surface area contributed by atoms with Crippen LogP contribution in [0.2, 0.25) is 5.02 Å². The van der Waals surface area contributed by atoms with Crippen LogP contribution < -0.4 is 10.1 Å². The second kappa shape index (κ2) is 8.17. The Morgan fingerprint density at radius 3 is 2.76 bits per heavy atom. The molecule has 0 aliphatic carbocycles. The van der Waals surface area contributed by atoms with Crippen LogP contribution in [0, 0.1) is 18.2 Å². The molecule has 0 saturated heterocycles. The molecule has 6 heteroatoms. The molecule has 142 valence electrons. The Labute approximate surface area is 172 Å². The van der Waals surface area contributed by atoms with Crippen molar-refractivity contribution >= 4 is 34.0 Å². The highest BCUT2D eigenvalue weighted by molar-refractivity contribution is 6.32. The van der Waals surface area contributed by atoms with Crippen molar-refractivity contribution in [3.05, 3.63) is 89.0 Å². The third kappa shape index (κ3) is 4.29. The Hall–Kier alpha value is -3.62. The van der Waals surface area contributed by atoms with E-state index in [2.05, 4.69) is 21.2 Å². The molecule has 4 nitrogen and oxygen atoms in total. The molecule has 0 radical (unpaired) electrons. The average Bonchev–Trinajstić information content (AvgIpc) is 2.73. The van der Waals surface area contributed by atoms with E-state index in [1.54, 1.807) is 24.3 Å². The third-order valence-electron chi connectivity index (χ3n) is 4.28. The molecule has 0 atom stereocenters. The quantitative estimate of drug-likeness (QED) is 0.432. The first-order valence-electron chi connectivity index (χ1n) is 8.77. The predicted molar refractivity (Wildman–Crippen MR) is 113 cm³/mol. The van der Waals surface area contributed by atoms with Crippen LogP contribution in [0.25, 0.3) is 10.9 Å². The molecule has 1 N–H and O–H groups in total. The number of anilines is 2. The molecule has 0 fully saturated rings. The molecule has 1 heterocycles. The summed E-state index contributed by atoms with van der Waals surface area (Å²) in [6.07, 6.45) is 6.98. The zero-order valence-corrected chi connectivity index (χ0v) is 15.9. The SMILES string of the molecule is C#Cc1ccc2ncnc(Nc3ccc(OCc4cccc(F)c4)c(Cl)c3)c2c1. The molecular weight excluding hydrogens is 389 g/mol. The minimum Gasteiger partial charge on any atom is -0.487 e. The number of nitrogens with one attached hydrogen (secondary N) is 1. The summed E-state index contributed by atoms with van der Waals surface area (Å²) in [4.78, 5) is 8.57. The van der Waals surface area contributed by atoms with Gasteiger partial charge in [-0.05, 0) is 54.1 Å². The fraction of sp³-hybridized carbons (Fsp3) is 0.0435. The summed E-state index contributed by atoms with van der Waals surface area (Å²) < 4.78 is 19.0. The first kappa shape index (κ1) is 18.7. The van der Waals surface area contributed by atoms with Gasteiger partial charge < -0.3 is 10.1 Å². The minimum atomic E-state index is -0.304. The maximum atomic E-state index is 13.3. The molecule has 29 heavy (non-hydrogen) atoms. The highest BCUT2D eigenvalue weighted by atomic mass is 35.5. The summed E-state index contributed by atoms with van der Waals surface area (Å²) in [5.74, 6) is 3.43. The van der Waals surface area contributed by atoms with E-state index in [1.165, 1.54) is 18.5 Å². The lowest BCUT2D eigenvalue weighted by molar-refractivity contribution is 0.306. The topological polar surface area (TPSA) is 47.0 Å². The predicted octanol–water partition coefficient (Wildman–Crippen LogP) is 5.73. The first-order chi connectivity index (χ1) is 14.1. The summed E-state index contributed by atoms with van der Waals surface area (Å²) >= 11 is 6.36. The Bertz CT molecular complexity index is 1240. The maximum Gasteiger partial charge on any atom is 0.141 e. The lowest BCUT2D eigenvalue weighted by atomic mass is 10.1. The number of fused-ring (bicyclic) bond motifs is 1. The molecule has 0 spiro atoms. The maximum absolute atomic E-state index is 13.3. The molecule has 3 aromatic carbocycles. The van der Waals surface area contributed by atoms with Crippen LogP contribution in [0.4, 0.5) is 15.9 Å². The number of ether oxygens (including phenoxy) is 1. The minimum absolute atomic E-state index is 0.218. The molecule has 0 unspecified atom stereocenters. The fourth-order valence-corrected chi connectivity index (χ4v) is 3.10. The van der Waals surface area contributed by atoms with Gasteiger partial charge in [-0.1, -0.05) is 29.7 Å². The largest absolute Gasteiger partial charge is 0.487 e. The van der Waals surface area contributed by atoms with Crippen LogP contribution in [0.3, 0.4) is 0 Å². The van der Waals surface area contributed by atoms with E-state index in [9.17, 15) is 4.39 Å². The van der Waals surface area contributed by atoms with Gasteiger partial charge in [0.15, 0.2) is 0 Å². The van der Waals surface area contributed by atoms with E-state index >= 15 is 0 Å². The normalized spacial score (nSPS) is 10.5. The molecule has 4 rings (SSSR count). The monoisotopic (exact) mass is 403 g/mol. The van der Waals surface area contributed by atoms with Crippen molar-refractivity contribution in [1.82, 2.24) is 9.97 Å². The van der Waals surface area contributed by atoms with Crippen molar-refractivity contribution < 1.29 is 9.13 Å². The summed E-state index contributed by atoms with van der Waals surface area (Å²) in [7, 11) is 0. The highest BCUT2D eigenvalue weighted by Crippen LogP contribution is 2.31. The van der Waals surface area contributed by atoms with E-state index in [-0.39, 0.29) is 12.4 Å². The molecule has 0 aliphatic heterocycles. The summed E-state index contributed by atoms with van der Waals surface area (Å²) in [6.45, 7) is 0.218. The van der Waals surface area contributed by atoms with Gasteiger partial charge in [0, 0.05) is 16.6 Å². The number of rotatable bonds is 5. The van der Waals surface area contributed by atoms with Crippen molar-refractivity contribution in [1.29, 1.82) is 0 Å². The van der Waals surface area contributed by atoms with Crippen molar-refractivity contribution in [2.24, 2.45) is 0 Å². The molecule has 0 aliphatic rings. The van der Waals surface area contributed by atoms with Gasteiger partial charge >= 0.3 is 0 Å². The highest BCUT2D eigenvalue weighted by Gasteiger charge is 2.08. The van der Waals surface area contributed by atoms with Crippen LogP contribution in [-0.2, 0) is 6.61 Å². The smallest absolute Gasteiger partial charge is 0.141 e. The molecule has 4 aromatic rings. The van der Waals surface area contributed by atoms with E-state index < -0.39 is 0 Å². The van der Waals surface area contributed by atoms with Gasteiger partial charge in [-0.15, -0.1) is 6.42 Å². The van der Waals surface area contributed by atoms with Crippen molar-refractivity contribution in [2.75, 3.05) is 5.32 Å². The number of nitrogens with zero attached hydrogens (tertiary/aromatic N) is 2. The molecule has 0 amide bonds. The average molecular weight is 404 g/mol. The van der Waals surface area contributed by atoms with Gasteiger partial charge in [-0.2, -0.15) is 0 Å². The molecule has 0 saturated carbocycles. The number of terminal acetylenes is 1. The number of benzene rings is 3. The second-order valence-electron chi connectivity index (χ2n) is 6.29. The summed E-state index contributed by atoms with van der Waals surface area (Å²) in [5.41, 5.74) is 2.98. The van der Waals surface area contributed by atoms with E-state index in [1.807, 2.05) is 24.3 Å². The van der Waals surface area contributed by atoms with Crippen LogP contribution in [-0.4, -0.2) is 9.97 Å². The van der Waals surface area contributed by atoms with Crippen LogP contribution in [0.15, 0.2) is 67.0 Å². The Kier molecular flexibility index (Phi) is 5.28. The molecule has 0 bridgehead atoms. The summed E-state index contributed by atoms with van der Waals surface area (Å²) in [6, 6.07) is 17.1. The Morgan fingerprint density at radius 2 is 1.97 bits per heavy atom. The zero-order chi connectivity index (χ0) is 20.2. The fourth-order valence-electron chi connectivity index (χ4n) is 2.87. The number of hydrogen-bond donors (Lipinski definition) is 1. The Balaban J connectivity index is 1.54. The van der Waals surface area contributed by atoms with E-state index in [0.717, 1.165) is 27.7 Å². The molecule has 1 aromatic heterocycles. The van der Waals surface area contributed by atoms with Crippen LogP contribution >= 0.6 is 11.6 Å². The van der Waals surface area contributed by atoms with Crippen LogP contribution in [0.1, 0.15) is 11.1 Å². The second-order valence-corrected chi connectivity index (χ2v) is 6.69. The zero-order valence-electron chi connectivity index (χ0n) is 15.2. The summed E-state index contributed by atoms with van der Waals surface area (Å²) in [5, 5.41) is 4.47. The van der Waals surface area contributed by atoms with Crippen LogP contribution in [0.5, 0.6) is 5.75 Å². The Morgan fingerprint density at radius 1 is 1.07 bits per heavy atom. The number of halogens is 2. The van der Waals surface area contributed by atoms with Crippen molar-refractivity contribution in [3.63, 3.8) is 0 Å². The van der Waals surface area contributed by atoms with Gasteiger partial charge in [0.05, 0.1) is 10.5 Å². The lowest BCUT2D eigenvalue weighted by Gasteiger charge is -2.12. The molecular formula is C23H15ClFN3O. The van der Waals surface area contributed by atoms with Gasteiger partial charge in [-0.25, -0.2) is 14.4 Å². The van der Waals surface area contributed by atoms with Gasteiger partial charge in [0.2, 0.25) is 0 Å². The van der Waals surface area contributed by atoms with Crippen molar-refractivity contribution in [2.45, 2.75) is 6.61 Å². The van der Waals surface area contributed by atoms with E-state index in [0.29, 0.717) is 16.6 Å². The first-order valence-corrected chi connectivity index (χ1v) is 9.15. The van der Waals surface area contributed by atoms with Gasteiger partial charge in [0.1, 0.15) is 30.3 Å². The number of hydrogen-bond acceptors (Lipinski definition) is 4. The van der Waals surface area contributed by atoms with Gasteiger partial charge in [-0.3, -0.25) is 0 Å². The number of aromatic nitrogens is 2. The van der Waals surface area contributed by atoms with Crippen molar-refractivity contribution in [3.8, 4) is 18.1 Å².